The van der Waals surface area contributed by atoms with Crippen molar-refractivity contribution in [3.8, 4) is 0 Å². The van der Waals surface area contributed by atoms with Gasteiger partial charge in [-0.2, -0.15) is 13.2 Å². The average molecular weight is 302 g/mol. The van der Waals surface area contributed by atoms with Crippen LogP contribution in [-0.4, -0.2) is 16.5 Å². The molecule has 0 bridgehead atoms. The minimum absolute atomic E-state index is 0.0979. The minimum atomic E-state index is -4.44. The monoisotopic (exact) mass is 301 g/mol. The zero-order valence-electron chi connectivity index (χ0n) is 10.3. The van der Waals surface area contributed by atoms with E-state index >= 15 is 0 Å². The number of hydrogen-bond donors (Lipinski definition) is 1. The number of pyridine rings is 2. The fourth-order valence-corrected chi connectivity index (χ4v) is 1.82. The van der Waals surface area contributed by atoms with E-state index in [9.17, 15) is 13.2 Å². The minimum Gasteiger partial charge on any atom is -0.370 e. The second-order valence-electron chi connectivity index (χ2n) is 4.06. The Labute approximate surface area is 118 Å². The van der Waals surface area contributed by atoms with Gasteiger partial charge in [0.2, 0.25) is 0 Å². The fraction of sp³-hybridized carbons (Fsp3) is 0.231. The molecule has 0 atom stereocenters. The van der Waals surface area contributed by atoms with Crippen LogP contribution in [0.4, 0.5) is 19.0 Å². The highest BCUT2D eigenvalue weighted by molar-refractivity contribution is 6.29. The summed E-state index contributed by atoms with van der Waals surface area (Å²) in [5.74, 6) is 0.0979. The van der Waals surface area contributed by atoms with Gasteiger partial charge in [-0.15, -0.1) is 0 Å². The lowest BCUT2D eigenvalue weighted by atomic mass is 10.2. The molecule has 2 heterocycles. The number of anilines is 1. The molecule has 2 aromatic rings. The van der Waals surface area contributed by atoms with Crippen LogP contribution in [-0.2, 0) is 12.6 Å². The quantitative estimate of drug-likeness (QED) is 0.873. The van der Waals surface area contributed by atoms with Crippen LogP contribution in [0.25, 0.3) is 0 Å². The third-order valence-electron chi connectivity index (χ3n) is 2.53. The van der Waals surface area contributed by atoms with Gasteiger partial charge < -0.3 is 5.32 Å². The Morgan fingerprint density at radius 2 is 2.00 bits per heavy atom. The molecule has 20 heavy (non-hydrogen) atoms. The molecule has 2 rings (SSSR count). The molecule has 3 nitrogen and oxygen atoms in total. The van der Waals surface area contributed by atoms with Crippen LogP contribution in [0.2, 0.25) is 5.15 Å². The van der Waals surface area contributed by atoms with Gasteiger partial charge in [0.05, 0.1) is 5.56 Å². The third kappa shape index (κ3) is 4.09. The van der Waals surface area contributed by atoms with Crippen molar-refractivity contribution in [1.82, 2.24) is 9.97 Å². The van der Waals surface area contributed by atoms with E-state index in [1.54, 1.807) is 12.3 Å². The highest BCUT2D eigenvalue weighted by Crippen LogP contribution is 2.31. The summed E-state index contributed by atoms with van der Waals surface area (Å²) in [6.45, 7) is 0.418. The van der Waals surface area contributed by atoms with Crippen molar-refractivity contribution in [2.24, 2.45) is 0 Å². The number of halogens is 4. The van der Waals surface area contributed by atoms with Crippen molar-refractivity contribution in [3.05, 3.63) is 52.9 Å². The van der Waals surface area contributed by atoms with E-state index in [0.717, 1.165) is 17.8 Å². The molecule has 0 amide bonds. The first-order valence-electron chi connectivity index (χ1n) is 5.84. The van der Waals surface area contributed by atoms with Crippen LogP contribution in [0.5, 0.6) is 0 Å². The van der Waals surface area contributed by atoms with Gasteiger partial charge in [-0.1, -0.05) is 17.7 Å². The zero-order valence-corrected chi connectivity index (χ0v) is 11.0. The Hall–Kier alpha value is -1.82. The maximum absolute atomic E-state index is 12.6. The SMILES string of the molecule is FC(F)(F)c1cc(Cl)nc(NCCc2ccccn2)c1. The first kappa shape index (κ1) is 14.6. The molecule has 0 unspecified atom stereocenters. The molecule has 2 aromatic heterocycles. The predicted molar refractivity (Wildman–Crippen MR) is 70.7 cm³/mol. The van der Waals surface area contributed by atoms with Crippen LogP contribution in [0.15, 0.2) is 36.5 Å². The molecule has 0 aromatic carbocycles. The third-order valence-corrected chi connectivity index (χ3v) is 2.73. The summed E-state index contributed by atoms with van der Waals surface area (Å²) in [5.41, 5.74) is 0.0240. The van der Waals surface area contributed by atoms with Crippen LogP contribution in [0, 0.1) is 0 Å². The van der Waals surface area contributed by atoms with Crippen molar-refractivity contribution >= 4 is 17.4 Å². The normalized spacial score (nSPS) is 11.4. The maximum Gasteiger partial charge on any atom is 0.416 e. The maximum atomic E-state index is 12.6. The summed E-state index contributed by atoms with van der Waals surface area (Å²) in [4.78, 5) is 7.93. The van der Waals surface area contributed by atoms with Gasteiger partial charge in [0, 0.05) is 24.9 Å². The van der Waals surface area contributed by atoms with E-state index in [2.05, 4.69) is 15.3 Å². The summed E-state index contributed by atoms with van der Waals surface area (Å²) < 4.78 is 37.8. The second-order valence-corrected chi connectivity index (χ2v) is 4.45. The lowest BCUT2D eigenvalue weighted by Gasteiger charge is -2.10. The van der Waals surface area contributed by atoms with Gasteiger partial charge >= 0.3 is 6.18 Å². The van der Waals surface area contributed by atoms with E-state index in [1.165, 1.54) is 0 Å². The number of rotatable bonds is 4. The molecule has 7 heteroatoms. The van der Waals surface area contributed by atoms with E-state index in [-0.39, 0.29) is 11.0 Å². The van der Waals surface area contributed by atoms with Gasteiger partial charge in [0.15, 0.2) is 0 Å². The Balaban J connectivity index is 2.01. The Morgan fingerprint density at radius 1 is 1.20 bits per heavy atom. The topological polar surface area (TPSA) is 37.8 Å². The molecule has 106 valence electrons. The Kier molecular flexibility index (Phi) is 4.44. The molecule has 0 radical (unpaired) electrons. The van der Waals surface area contributed by atoms with E-state index in [0.29, 0.717) is 13.0 Å². The number of nitrogens with one attached hydrogen (secondary N) is 1. The molecule has 0 aliphatic heterocycles. The number of hydrogen-bond acceptors (Lipinski definition) is 3. The second kappa shape index (κ2) is 6.09. The predicted octanol–water partition coefficient (Wildman–Crippen LogP) is 3.80. The Morgan fingerprint density at radius 3 is 2.65 bits per heavy atom. The van der Waals surface area contributed by atoms with Crippen LogP contribution in [0.1, 0.15) is 11.3 Å². The first-order valence-corrected chi connectivity index (χ1v) is 6.21. The van der Waals surface area contributed by atoms with E-state index in [1.807, 2.05) is 12.1 Å². The molecule has 0 saturated carbocycles. The summed E-state index contributed by atoms with van der Waals surface area (Å²) in [6.07, 6.45) is -2.20. The molecule has 0 saturated heterocycles. The number of nitrogens with zero attached hydrogens (tertiary/aromatic N) is 2. The van der Waals surface area contributed by atoms with Crippen molar-refractivity contribution in [1.29, 1.82) is 0 Å². The molecule has 0 spiro atoms. The van der Waals surface area contributed by atoms with Gasteiger partial charge in [-0.05, 0) is 24.3 Å². The largest absolute Gasteiger partial charge is 0.416 e. The highest BCUT2D eigenvalue weighted by atomic mass is 35.5. The standard InChI is InChI=1S/C13H11ClF3N3/c14-11-7-9(13(15,16)17)8-12(20-11)19-6-4-10-3-1-2-5-18-10/h1-3,5,7-8H,4,6H2,(H,19,20). The van der Waals surface area contributed by atoms with Crippen molar-refractivity contribution in [2.45, 2.75) is 12.6 Å². The van der Waals surface area contributed by atoms with Gasteiger partial charge in [-0.3, -0.25) is 4.98 Å². The van der Waals surface area contributed by atoms with E-state index < -0.39 is 11.7 Å². The van der Waals surface area contributed by atoms with Gasteiger partial charge in [-0.25, -0.2) is 4.98 Å². The Bertz CT molecular complexity index is 573. The van der Waals surface area contributed by atoms with Crippen LogP contribution < -0.4 is 5.32 Å². The summed E-state index contributed by atoms with van der Waals surface area (Å²) in [7, 11) is 0. The number of aromatic nitrogens is 2. The van der Waals surface area contributed by atoms with Gasteiger partial charge in [0.25, 0.3) is 0 Å². The lowest BCUT2D eigenvalue weighted by molar-refractivity contribution is -0.137. The molecule has 1 N–H and O–H groups in total. The van der Waals surface area contributed by atoms with Crippen LogP contribution >= 0.6 is 11.6 Å². The van der Waals surface area contributed by atoms with E-state index in [4.69, 9.17) is 11.6 Å². The molecule has 0 aliphatic carbocycles. The van der Waals surface area contributed by atoms with Crippen molar-refractivity contribution in [3.63, 3.8) is 0 Å². The van der Waals surface area contributed by atoms with Gasteiger partial charge in [0.1, 0.15) is 11.0 Å². The van der Waals surface area contributed by atoms with Crippen molar-refractivity contribution < 1.29 is 13.2 Å². The lowest BCUT2D eigenvalue weighted by Crippen LogP contribution is -2.10. The first-order chi connectivity index (χ1) is 9.45. The average Bonchev–Trinajstić information content (AvgIpc) is 2.38. The summed E-state index contributed by atoms with van der Waals surface area (Å²) in [6, 6.07) is 7.22. The van der Waals surface area contributed by atoms with Crippen LogP contribution in [0.3, 0.4) is 0 Å². The molecular weight excluding hydrogens is 291 g/mol. The smallest absolute Gasteiger partial charge is 0.370 e. The summed E-state index contributed by atoms with van der Waals surface area (Å²) >= 11 is 5.59. The molecule has 0 aliphatic rings. The molecule has 0 fully saturated rings. The fourth-order valence-electron chi connectivity index (χ4n) is 1.62. The number of alkyl halides is 3. The van der Waals surface area contributed by atoms with Crippen molar-refractivity contribution in [2.75, 3.05) is 11.9 Å². The highest BCUT2D eigenvalue weighted by Gasteiger charge is 2.31. The summed E-state index contributed by atoms with van der Waals surface area (Å²) in [5, 5.41) is 2.62. The zero-order chi connectivity index (χ0) is 14.6. The molecular formula is C13H11ClF3N3.